The Morgan fingerprint density at radius 2 is 2.31 bits per heavy atom. The number of aliphatic hydroxyl groups is 1. The summed E-state index contributed by atoms with van der Waals surface area (Å²) >= 11 is 0. The van der Waals surface area contributed by atoms with Gasteiger partial charge in [-0.1, -0.05) is 13.8 Å². The van der Waals surface area contributed by atoms with Gasteiger partial charge in [-0.2, -0.15) is 0 Å². The predicted molar refractivity (Wildman–Crippen MR) is 48.2 cm³/mol. The number of nitrogens with zero attached hydrogens (tertiary/aromatic N) is 1. The van der Waals surface area contributed by atoms with Crippen LogP contribution in [0.5, 0.6) is 0 Å². The second kappa shape index (κ2) is 3.64. The van der Waals surface area contributed by atoms with Crippen LogP contribution in [-0.4, -0.2) is 48.8 Å². The monoisotopic (exact) mass is 187 g/mol. The number of rotatable bonds is 3. The van der Waals surface area contributed by atoms with Crippen molar-refractivity contribution in [3.63, 3.8) is 0 Å². The predicted octanol–water partition coefficient (Wildman–Crippen LogP) is -0.138. The summed E-state index contributed by atoms with van der Waals surface area (Å²) in [7, 11) is 1.60. The first-order valence-corrected chi connectivity index (χ1v) is 4.45. The molecule has 0 aliphatic carbocycles. The third-order valence-corrected chi connectivity index (χ3v) is 2.45. The molecule has 0 radical (unpaired) electrons. The van der Waals surface area contributed by atoms with E-state index in [0.717, 1.165) is 0 Å². The quantitative estimate of drug-likeness (QED) is 0.669. The topological polar surface area (TPSA) is 49.8 Å². The van der Waals surface area contributed by atoms with Crippen LogP contribution in [0.4, 0.5) is 0 Å². The summed E-state index contributed by atoms with van der Waals surface area (Å²) in [4.78, 5) is 13.1. The lowest BCUT2D eigenvalue weighted by Crippen LogP contribution is -2.32. The molecule has 0 aromatic heterocycles. The van der Waals surface area contributed by atoms with E-state index in [1.165, 1.54) is 0 Å². The Balaban J connectivity index is 2.56. The summed E-state index contributed by atoms with van der Waals surface area (Å²) in [6.07, 6.45) is -0.857. The normalized spacial score (nSPS) is 26.9. The fourth-order valence-electron chi connectivity index (χ4n) is 1.55. The maximum absolute atomic E-state index is 11.4. The maximum atomic E-state index is 11.4. The Kier molecular flexibility index (Phi) is 2.93. The molecule has 76 valence electrons. The molecule has 0 aromatic carbocycles. The molecule has 1 unspecified atom stereocenters. The molecule has 0 bridgehead atoms. The molecule has 0 spiro atoms. The van der Waals surface area contributed by atoms with E-state index in [9.17, 15) is 9.90 Å². The molecule has 1 atom stereocenters. The average molecular weight is 187 g/mol. The molecule has 1 aliphatic heterocycles. The number of hydrogen-bond donors (Lipinski definition) is 1. The Hall–Kier alpha value is -0.610. The molecule has 1 N–H and O–H groups in total. The number of amides is 1. The van der Waals surface area contributed by atoms with Crippen molar-refractivity contribution in [2.24, 2.45) is 5.41 Å². The number of carbonyl (C=O) groups excluding carboxylic acids is 1. The fraction of sp³-hybridized carbons (Fsp3) is 0.889. The second-order valence-electron chi connectivity index (χ2n) is 4.14. The lowest BCUT2D eigenvalue weighted by Gasteiger charge is -2.19. The molecule has 1 aliphatic rings. The lowest BCUT2D eigenvalue weighted by atomic mass is 9.90. The highest BCUT2D eigenvalue weighted by Crippen LogP contribution is 2.30. The molecule has 4 heteroatoms. The molecule has 13 heavy (non-hydrogen) atoms. The summed E-state index contributed by atoms with van der Waals surface area (Å²) in [5, 5.41) is 9.56. The molecule has 4 nitrogen and oxygen atoms in total. The van der Waals surface area contributed by atoms with Crippen LogP contribution in [0.2, 0.25) is 0 Å². The molecule has 1 amide bonds. The summed E-state index contributed by atoms with van der Waals surface area (Å²) < 4.78 is 4.88. The van der Waals surface area contributed by atoms with Gasteiger partial charge in [-0.15, -0.1) is 0 Å². The second-order valence-corrected chi connectivity index (χ2v) is 4.14. The highest BCUT2D eigenvalue weighted by molar-refractivity contribution is 5.84. The van der Waals surface area contributed by atoms with E-state index in [0.29, 0.717) is 19.7 Å². The van der Waals surface area contributed by atoms with Crippen LogP contribution in [0.15, 0.2) is 0 Å². The van der Waals surface area contributed by atoms with E-state index >= 15 is 0 Å². The van der Waals surface area contributed by atoms with Gasteiger partial charge in [-0.25, -0.2) is 0 Å². The maximum Gasteiger partial charge on any atom is 0.252 e. The molecular weight excluding hydrogens is 170 g/mol. The third-order valence-electron chi connectivity index (χ3n) is 2.45. The van der Waals surface area contributed by atoms with Gasteiger partial charge in [0, 0.05) is 25.6 Å². The van der Waals surface area contributed by atoms with Crippen molar-refractivity contribution in [3.8, 4) is 0 Å². The molecule has 1 fully saturated rings. The lowest BCUT2D eigenvalue weighted by molar-refractivity contribution is -0.136. The Labute approximate surface area is 78.5 Å². The smallest absolute Gasteiger partial charge is 0.252 e. The summed E-state index contributed by atoms with van der Waals surface area (Å²) in [5.74, 6) is -0.179. The molecule has 0 saturated carbocycles. The van der Waals surface area contributed by atoms with Gasteiger partial charge >= 0.3 is 0 Å². The number of hydrogen-bond acceptors (Lipinski definition) is 3. The zero-order valence-electron chi connectivity index (χ0n) is 8.41. The van der Waals surface area contributed by atoms with Crippen molar-refractivity contribution in [1.82, 2.24) is 4.90 Å². The van der Waals surface area contributed by atoms with Crippen molar-refractivity contribution in [3.05, 3.63) is 0 Å². The van der Waals surface area contributed by atoms with Crippen molar-refractivity contribution < 1.29 is 14.6 Å². The molecule has 0 aromatic rings. The average Bonchev–Trinajstić information content (AvgIpc) is 2.26. The molecule has 1 heterocycles. The van der Waals surface area contributed by atoms with Gasteiger partial charge in [0.15, 0.2) is 0 Å². The van der Waals surface area contributed by atoms with Crippen molar-refractivity contribution >= 4 is 5.91 Å². The van der Waals surface area contributed by atoms with E-state index in [-0.39, 0.29) is 11.3 Å². The summed E-state index contributed by atoms with van der Waals surface area (Å²) in [6, 6.07) is 0. The van der Waals surface area contributed by atoms with Crippen LogP contribution in [0.3, 0.4) is 0 Å². The van der Waals surface area contributed by atoms with E-state index in [1.54, 1.807) is 12.0 Å². The van der Waals surface area contributed by atoms with Gasteiger partial charge in [-0.05, 0) is 0 Å². The largest absolute Gasteiger partial charge is 0.383 e. The van der Waals surface area contributed by atoms with E-state index < -0.39 is 6.10 Å². The fourth-order valence-corrected chi connectivity index (χ4v) is 1.55. The first-order valence-electron chi connectivity index (χ1n) is 4.45. The van der Waals surface area contributed by atoms with Crippen LogP contribution in [0, 0.1) is 5.41 Å². The number of methoxy groups -OCH3 is 1. The minimum Gasteiger partial charge on any atom is -0.383 e. The van der Waals surface area contributed by atoms with Crippen LogP contribution in [-0.2, 0) is 9.53 Å². The van der Waals surface area contributed by atoms with E-state index in [2.05, 4.69) is 0 Å². The first kappa shape index (κ1) is 10.5. The standard InChI is InChI=1S/C9H17NO3/c1-9(2)6-10(4-5-13-3)8(12)7(9)11/h7,11H,4-6H2,1-3H3. The first-order chi connectivity index (χ1) is 5.99. The molecule has 1 saturated heterocycles. The van der Waals surface area contributed by atoms with Crippen LogP contribution in [0.1, 0.15) is 13.8 Å². The van der Waals surface area contributed by atoms with Gasteiger partial charge in [0.1, 0.15) is 6.10 Å². The molecular formula is C9H17NO3. The van der Waals surface area contributed by atoms with Gasteiger partial charge in [0.05, 0.1) is 6.61 Å². The van der Waals surface area contributed by atoms with Gasteiger partial charge in [0.2, 0.25) is 0 Å². The Morgan fingerprint density at radius 1 is 1.69 bits per heavy atom. The van der Waals surface area contributed by atoms with Gasteiger partial charge < -0.3 is 14.7 Å². The molecule has 1 rings (SSSR count). The Bertz CT molecular complexity index is 203. The zero-order chi connectivity index (χ0) is 10.1. The van der Waals surface area contributed by atoms with Crippen molar-refractivity contribution in [2.45, 2.75) is 20.0 Å². The van der Waals surface area contributed by atoms with Crippen LogP contribution in [0.25, 0.3) is 0 Å². The SMILES string of the molecule is COCCN1CC(C)(C)C(O)C1=O. The Morgan fingerprint density at radius 3 is 2.69 bits per heavy atom. The van der Waals surface area contributed by atoms with E-state index in [4.69, 9.17) is 4.74 Å². The number of likely N-dealkylation sites (tertiary alicyclic amines) is 1. The summed E-state index contributed by atoms with van der Waals surface area (Å²) in [5.41, 5.74) is -0.329. The van der Waals surface area contributed by atoms with Crippen molar-refractivity contribution in [2.75, 3.05) is 26.8 Å². The van der Waals surface area contributed by atoms with Crippen molar-refractivity contribution in [1.29, 1.82) is 0 Å². The number of carbonyl (C=O) groups is 1. The minimum atomic E-state index is -0.857. The number of ether oxygens (including phenoxy) is 1. The number of aliphatic hydroxyl groups excluding tert-OH is 1. The third kappa shape index (κ3) is 2.00. The summed E-state index contributed by atoms with van der Waals surface area (Å²) in [6.45, 7) is 5.48. The van der Waals surface area contributed by atoms with E-state index in [1.807, 2.05) is 13.8 Å². The zero-order valence-corrected chi connectivity index (χ0v) is 8.41. The van der Waals surface area contributed by atoms with Gasteiger partial charge in [-0.3, -0.25) is 4.79 Å². The minimum absolute atomic E-state index is 0.179. The highest BCUT2D eigenvalue weighted by atomic mass is 16.5. The van der Waals surface area contributed by atoms with Gasteiger partial charge in [0.25, 0.3) is 5.91 Å². The highest BCUT2D eigenvalue weighted by Gasteiger charge is 2.44. The van der Waals surface area contributed by atoms with Crippen LogP contribution >= 0.6 is 0 Å². The van der Waals surface area contributed by atoms with Crippen LogP contribution < -0.4 is 0 Å².